The van der Waals surface area contributed by atoms with Crippen LogP contribution >= 0.6 is 0 Å². The predicted molar refractivity (Wildman–Crippen MR) is 110 cm³/mol. The first-order chi connectivity index (χ1) is 13.1. The number of rotatable bonds is 7. The molecule has 0 aliphatic heterocycles. The number of benzene rings is 3. The van der Waals surface area contributed by atoms with Crippen molar-refractivity contribution >= 4 is 5.69 Å². The zero-order chi connectivity index (χ0) is 19.2. The van der Waals surface area contributed by atoms with Gasteiger partial charge in [-0.3, -0.25) is 5.32 Å². The molecule has 3 aromatic rings. The number of methoxy groups -OCH3 is 2. The second-order valence-corrected chi connectivity index (χ2v) is 6.54. The maximum Gasteiger partial charge on any atom is 0.119 e. The van der Waals surface area contributed by atoms with Crippen LogP contribution in [-0.4, -0.2) is 14.2 Å². The Kier molecular flexibility index (Phi) is 5.99. The molecule has 4 heteroatoms. The molecule has 0 saturated heterocycles. The summed E-state index contributed by atoms with van der Waals surface area (Å²) in [5.74, 6) is 1.69. The van der Waals surface area contributed by atoms with Crippen molar-refractivity contribution in [1.82, 2.24) is 5.32 Å². The third kappa shape index (κ3) is 4.60. The van der Waals surface area contributed by atoms with Crippen LogP contribution in [0.1, 0.15) is 35.7 Å². The Morgan fingerprint density at radius 3 is 2.07 bits per heavy atom. The van der Waals surface area contributed by atoms with E-state index in [1.165, 1.54) is 0 Å². The third-order valence-electron chi connectivity index (χ3n) is 4.70. The second-order valence-electron chi connectivity index (χ2n) is 6.54. The van der Waals surface area contributed by atoms with Gasteiger partial charge < -0.3 is 15.2 Å². The summed E-state index contributed by atoms with van der Waals surface area (Å²) in [7, 11) is 3.36. The summed E-state index contributed by atoms with van der Waals surface area (Å²) >= 11 is 0. The van der Waals surface area contributed by atoms with Gasteiger partial charge in [0.2, 0.25) is 0 Å². The van der Waals surface area contributed by atoms with Crippen LogP contribution in [0.2, 0.25) is 0 Å². The second kappa shape index (κ2) is 8.60. The molecule has 0 heterocycles. The monoisotopic (exact) mass is 362 g/mol. The van der Waals surface area contributed by atoms with Crippen molar-refractivity contribution in [2.45, 2.75) is 19.0 Å². The molecule has 0 aliphatic carbocycles. The van der Waals surface area contributed by atoms with Gasteiger partial charge in [-0.05, 0) is 60.0 Å². The highest BCUT2D eigenvalue weighted by Crippen LogP contribution is 2.29. The van der Waals surface area contributed by atoms with Crippen LogP contribution in [0.25, 0.3) is 0 Å². The molecule has 0 fully saturated rings. The fourth-order valence-corrected chi connectivity index (χ4v) is 3.18. The van der Waals surface area contributed by atoms with Crippen LogP contribution in [0.15, 0.2) is 72.8 Å². The van der Waals surface area contributed by atoms with Gasteiger partial charge in [-0.1, -0.05) is 36.4 Å². The Hall–Kier alpha value is -2.98. The number of nitrogen functional groups attached to an aromatic ring is 1. The molecule has 0 amide bonds. The van der Waals surface area contributed by atoms with Crippen LogP contribution in [0.3, 0.4) is 0 Å². The van der Waals surface area contributed by atoms with Gasteiger partial charge in [-0.25, -0.2) is 0 Å². The van der Waals surface area contributed by atoms with Gasteiger partial charge in [0.25, 0.3) is 0 Å². The average Bonchev–Trinajstić information content (AvgIpc) is 2.72. The van der Waals surface area contributed by atoms with Crippen LogP contribution in [0.5, 0.6) is 11.5 Å². The highest BCUT2D eigenvalue weighted by molar-refractivity contribution is 5.45. The Morgan fingerprint density at radius 2 is 1.41 bits per heavy atom. The third-order valence-corrected chi connectivity index (χ3v) is 4.70. The fourth-order valence-electron chi connectivity index (χ4n) is 3.18. The van der Waals surface area contributed by atoms with Gasteiger partial charge in [0.15, 0.2) is 0 Å². The predicted octanol–water partition coefficient (Wildman–Crippen LogP) is 4.73. The minimum absolute atomic E-state index is 0.000562. The van der Waals surface area contributed by atoms with Crippen molar-refractivity contribution in [1.29, 1.82) is 0 Å². The number of hydrogen-bond acceptors (Lipinski definition) is 4. The molecular formula is C23H26N2O2. The van der Waals surface area contributed by atoms with E-state index in [-0.39, 0.29) is 12.1 Å². The van der Waals surface area contributed by atoms with E-state index in [0.717, 1.165) is 33.9 Å². The van der Waals surface area contributed by atoms with Gasteiger partial charge >= 0.3 is 0 Å². The highest BCUT2D eigenvalue weighted by Gasteiger charge is 2.18. The first kappa shape index (κ1) is 18.8. The lowest BCUT2D eigenvalue weighted by Crippen LogP contribution is -2.25. The highest BCUT2D eigenvalue weighted by atomic mass is 16.5. The van der Waals surface area contributed by atoms with Crippen LogP contribution in [0.4, 0.5) is 5.69 Å². The normalized spacial score (nSPS) is 13.0. The molecule has 3 aromatic carbocycles. The Balaban J connectivity index is 1.93. The topological polar surface area (TPSA) is 56.5 Å². The van der Waals surface area contributed by atoms with Crippen molar-refractivity contribution in [3.8, 4) is 11.5 Å². The summed E-state index contributed by atoms with van der Waals surface area (Å²) in [6.07, 6.45) is 0. The first-order valence-corrected chi connectivity index (χ1v) is 9.00. The first-order valence-electron chi connectivity index (χ1n) is 9.00. The minimum Gasteiger partial charge on any atom is -0.497 e. The van der Waals surface area contributed by atoms with E-state index < -0.39 is 0 Å². The lowest BCUT2D eigenvalue weighted by Gasteiger charge is -2.25. The van der Waals surface area contributed by atoms with E-state index in [0.29, 0.717) is 0 Å². The molecule has 27 heavy (non-hydrogen) atoms. The Bertz CT molecular complexity index is 878. The minimum atomic E-state index is 0.000562. The van der Waals surface area contributed by atoms with Crippen LogP contribution < -0.4 is 20.5 Å². The standard InChI is InChI=1S/C23H26N2O2/c1-16(18-6-5-9-22(15-18)27-3)25-23(19-7-4-8-20(24)14-19)17-10-12-21(26-2)13-11-17/h4-16,23,25H,24H2,1-3H3/t16-,23?/m1/s1. The number of nitrogens with two attached hydrogens (primary N) is 1. The van der Waals surface area contributed by atoms with E-state index in [4.69, 9.17) is 15.2 Å². The average molecular weight is 362 g/mol. The molecule has 3 N–H and O–H groups in total. The summed E-state index contributed by atoms with van der Waals surface area (Å²) in [6, 6.07) is 24.4. The maximum absolute atomic E-state index is 6.04. The SMILES string of the molecule is COc1ccc(C(N[C@H](C)c2cccc(OC)c2)c2cccc(N)c2)cc1. The van der Waals surface area contributed by atoms with E-state index in [9.17, 15) is 0 Å². The van der Waals surface area contributed by atoms with Gasteiger partial charge in [-0.15, -0.1) is 0 Å². The lowest BCUT2D eigenvalue weighted by atomic mass is 9.96. The van der Waals surface area contributed by atoms with Crippen molar-refractivity contribution < 1.29 is 9.47 Å². The smallest absolute Gasteiger partial charge is 0.119 e. The molecule has 3 rings (SSSR count). The lowest BCUT2D eigenvalue weighted by molar-refractivity contribution is 0.412. The molecule has 140 valence electrons. The molecule has 0 saturated carbocycles. The number of ether oxygens (including phenoxy) is 2. The van der Waals surface area contributed by atoms with Crippen molar-refractivity contribution in [2.24, 2.45) is 0 Å². The van der Waals surface area contributed by atoms with Gasteiger partial charge in [-0.2, -0.15) is 0 Å². The number of nitrogens with one attached hydrogen (secondary N) is 1. The van der Waals surface area contributed by atoms with Crippen LogP contribution in [-0.2, 0) is 0 Å². The summed E-state index contributed by atoms with van der Waals surface area (Å²) in [5, 5.41) is 3.73. The summed E-state index contributed by atoms with van der Waals surface area (Å²) in [5.41, 5.74) is 10.2. The Morgan fingerprint density at radius 1 is 0.741 bits per heavy atom. The number of hydrogen-bond donors (Lipinski definition) is 2. The molecule has 0 bridgehead atoms. The molecule has 1 unspecified atom stereocenters. The molecular weight excluding hydrogens is 336 g/mol. The van der Waals surface area contributed by atoms with Crippen LogP contribution in [0, 0.1) is 0 Å². The van der Waals surface area contributed by atoms with Crippen molar-refractivity contribution in [2.75, 3.05) is 20.0 Å². The molecule has 4 nitrogen and oxygen atoms in total. The summed E-state index contributed by atoms with van der Waals surface area (Å²) < 4.78 is 10.7. The zero-order valence-electron chi connectivity index (χ0n) is 16.0. The number of anilines is 1. The fraction of sp³-hybridized carbons (Fsp3) is 0.217. The molecule has 0 aromatic heterocycles. The van der Waals surface area contributed by atoms with E-state index >= 15 is 0 Å². The van der Waals surface area contributed by atoms with Gasteiger partial charge in [0.1, 0.15) is 11.5 Å². The van der Waals surface area contributed by atoms with Crippen molar-refractivity contribution in [3.63, 3.8) is 0 Å². The molecule has 0 spiro atoms. The zero-order valence-corrected chi connectivity index (χ0v) is 16.0. The van der Waals surface area contributed by atoms with Gasteiger partial charge in [0.05, 0.1) is 20.3 Å². The molecule has 2 atom stereocenters. The van der Waals surface area contributed by atoms with Crippen molar-refractivity contribution in [3.05, 3.63) is 89.5 Å². The summed E-state index contributed by atoms with van der Waals surface area (Å²) in [4.78, 5) is 0. The van der Waals surface area contributed by atoms with E-state index in [1.54, 1.807) is 14.2 Å². The van der Waals surface area contributed by atoms with E-state index in [2.05, 4.69) is 42.6 Å². The molecule has 0 radical (unpaired) electrons. The largest absolute Gasteiger partial charge is 0.497 e. The Labute approximate surface area is 160 Å². The molecule has 0 aliphatic rings. The van der Waals surface area contributed by atoms with Gasteiger partial charge in [0, 0.05) is 11.7 Å². The summed E-state index contributed by atoms with van der Waals surface area (Å²) in [6.45, 7) is 2.15. The van der Waals surface area contributed by atoms with E-state index in [1.807, 2.05) is 42.5 Å². The maximum atomic E-state index is 6.04. The quantitative estimate of drug-likeness (QED) is 0.597.